The maximum atomic E-state index is 12.3. The van der Waals surface area contributed by atoms with Crippen molar-refractivity contribution in [3.63, 3.8) is 0 Å². The Kier molecular flexibility index (Phi) is 5.02. The van der Waals surface area contributed by atoms with Crippen LogP contribution in [0.15, 0.2) is 54.1 Å². The normalized spacial score (nSPS) is 15.2. The van der Waals surface area contributed by atoms with E-state index >= 15 is 0 Å². The molecule has 2 aromatic rings. The Morgan fingerprint density at radius 2 is 1.75 bits per heavy atom. The van der Waals surface area contributed by atoms with Crippen LogP contribution in [-0.4, -0.2) is 32.7 Å². The summed E-state index contributed by atoms with van der Waals surface area (Å²) in [6, 6.07) is 15.0. The predicted octanol–water partition coefficient (Wildman–Crippen LogP) is 4.26. The van der Waals surface area contributed by atoms with Crippen LogP contribution in [0.25, 0.3) is 4.91 Å². The van der Waals surface area contributed by atoms with Crippen molar-refractivity contribution in [2.45, 2.75) is 6.54 Å². The molecule has 126 valence electrons. The molecular formula is C18H17Cl2NO2S. The van der Waals surface area contributed by atoms with Gasteiger partial charge in [0.15, 0.2) is 9.84 Å². The van der Waals surface area contributed by atoms with E-state index in [4.69, 9.17) is 23.2 Å². The number of rotatable bonds is 4. The Labute approximate surface area is 152 Å². The van der Waals surface area contributed by atoms with Gasteiger partial charge in [0.2, 0.25) is 0 Å². The highest BCUT2D eigenvalue weighted by atomic mass is 35.5. The first-order chi connectivity index (χ1) is 11.3. The van der Waals surface area contributed by atoms with Crippen LogP contribution in [0.5, 0.6) is 0 Å². The number of nitrogens with zero attached hydrogens (tertiary/aromatic N) is 1. The second-order valence-electron chi connectivity index (χ2n) is 5.96. The minimum Gasteiger partial charge on any atom is -0.291 e. The van der Waals surface area contributed by atoms with Crippen LogP contribution in [0.4, 0.5) is 0 Å². The molecule has 6 heteroatoms. The van der Waals surface area contributed by atoms with E-state index in [-0.39, 0.29) is 0 Å². The Morgan fingerprint density at radius 3 is 2.38 bits per heavy atom. The third-order valence-corrected chi connectivity index (χ3v) is 5.76. The van der Waals surface area contributed by atoms with Gasteiger partial charge in [-0.2, -0.15) is 0 Å². The van der Waals surface area contributed by atoms with E-state index in [1.807, 2.05) is 18.2 Å². The van der Waals surface area contributed by atoms with E-state index in [0.717, 1.165) is 12.1 Å². The minimum absolute atomic E-state index is 0.305. The van der Waals surface area contributed by atoms with Crippen LogP contribution in [0, 0.1) is 0 Å². The van der Waals surface area contributed by atoms with Gasteiger partial charge in [0.1, 0.15) is 0 Å². The molecule has 1 aliphatic heterocycles. The lowest BCUT2D eigenvalue weighted by atomic mass is 10.0. The first-order valence-electron chi connectivity index (χ1n) is 7.48. The van der Waals surface area contributed by atoms with Crippen LogP contribution >= 0.6 is 23.2 Å². The Bertz CT molecular complexity index is 884. The predicted molar refractivity (Wildman–Crippen MR) is 99.9 cm³/mol. The van der Waals surface area contributed by atoms with Crippen molar-refractivity contribution in [2.75, 3.05) is 19.3 Å². The zero-order valence-electron chi connectivity index (χ0n) is 13.2. The molecule has 0 atom stereocenters. The lowest BCUT2D eigenvalue weighted by molar-refractivity contribution is 0.243. The highest BCUT2D eigenvalue weighted by Gasteiger charge is 2.29. The molecule has 24 heavy (non-hydrogen) atoms. The first kappa shape index (κ1) is 17.5. The van der Waals surface area contributed by atoms with Gasteiger partial charge in [0, 0.05) is 41.5 Å². The summed E-state index contributed by atoms with van der Waals surface area (Å²) in [6.45, 7) is 2.02. The second-order valence-corrected chi connectivity index (χ2v) is 8.76. The summed E-state index contributed by atoms with van der Waals surface area (Å²) >= 11 is 12.2. The number of hydrogen-bond acceptors (Lipinski definition) is 3. The van der Waals surface area contributed by atoms with Crippen molar-refractivity contribution in [3.8, 4) is 0 Å². The second kappa shape index (κ2) is 6.89. The Hall–Kier alpha value is -1.33. The summed E-state index contributed by atoms with van der Waals surface area (Å²) in [6.07, 6.45) is 1.21. The van der Waals surface area contributed by atoms with Crippen molar-refractivity contribution >= 4 is 37.9 Å². The quantitative estimate of drug-likeness (QED) is 0.793. The highest BCUT2D eigenvalue weighted by Crippen LogP contribution is 2.35. The monoisotopic (exact) mass is 381 g/mol. The van der Waals surface area contributed by atoms with Gasteiger partial charge in [-0.15, -0.1) is 0 Å². The van der Waals surface area contributed by atoms with Crippen LogP contribution < -0.4 is 0 Å². The lowest BCUT2D eigenvalue weighted by Crippen LogP contribution is -2.40. The molecule has 1 saturated heterocycles. The molecule has 3 rings (SSSR count). The molecule has 0 spiro atoms. The Balaban J connectivity index is 1.89. The van der Waals surface area contributed by atoms with E-state index in [0.29, 0.717) is 33.6 Å². The van der Waals surface area contributed by atoms with Crippen molar-refractivity contribution in [1.29, 1.82) is 0 Å². The number of sulfone groups is 1. The van der Waals surface area contributed by atoms with Gasteiger partial charge in [0.25, 0.3) is 0 Å². The third-order valence-electron chi connectivity index (χ3n) is 3.94. The zero-order chi connectivity index (χ0) is 17.3. The molecule has 0 unspecified atom stereocenters. The lowest BCUT2D eigenvalue weighted by Gasteiger charge is -2.35. The molecule has 0 N–H and O–H groups in total. The highest BCUT2D eigenvalue weighted by molar-refractivity contribution is 8.00. The number of likely N-dealkylation sites (tertiary alicyclic amines) is 1. The van der Waals surface area contributed by atoms with Gasteiger partial charge in [-0.3, -0.25) is 4.90 Å². The van der Waals surface area contributed by atoms with Crippen LogP contribution in [-0.2, 0) is 16.4 Å². The van der Waals surface area contributed by atoms with Crippen LogP contribution in [0.1, 0.15) is 11.1 Å². The molecule has 0 aliphatic carbocycles. The summed E-state index contributed by atoms with van der Waals surface area (Å²) in [5.74, 6) is 0. The van der Waals surface area contributed by atoms with Crippen LogP contribution in [0.2, 0.25) is 10.0 Å². The van der Waals surface area contributed by atoms with Gasteiger partial charge in [0.05, 0.1) is 4.91 Å². The fraction of sp³-hybridized carbons (Fsp3) is 0.222. The molecule has 0 saturated carbocycles. The fourth-order valence-corrected chi connectivity index (χ4v) is 4.58. The van der Waals surface area contributed by atoms with Gasteiger partial charge < -0.3 is 0 Å². The molecule has 3 nitrogen and oxygen atoms in total. The van der Waals surface area contributed by atoms with Gasteiger partial charge in [-0.1, -0.05) is 53.5 Å². The summed E-state index contributed by atoms with van der Waals surface area (Å²) in [4.78, 5) is 2.49. The number of benzene rings is 2. The molecule has 0 radical (unpaired) electrons. The topological polar surface area (TPSA) is 37.4 Å². The summed E-state index contributed by atoms with van der Waals surface area (Å²) < 4.78 is 24.6. The molecule has 1 aliphatic rings. The summed E-state index contributed by atoms with van der Waals surface area (Å²) in [7, 11) is -3.40. The zero-order valence-corrected chi connectivity index (χ0v) is 15.5. The standard InChI is InChI=1S/C18H17Cl2NO2S/c1-24(22,23)18(16-9-15(19)7-8-17(16)20)14-11-21(12-14)10-13-5-3-2-4-6-13/h2-9H,10-12H2,1H3. The maximum Gasteiger partial charge on any atom is 0.176 e. The van der Waals surface area contributed by atoms with E-state index in [1.54, 1.807) is 18.2 Å². The summed E-state index contributed by atoms with van der Waals surface area (Å²) in [5, 5.41) is 0.866. The Morgan fingerprint density at radius 1 is 1.08 bits per heavy atom. The van der Waals surface area contributed by atoms with Gasteiger partial charge >= 0.3 is 0 Å². The van der Waals surface area contributed by atoms with Crippen LogP contribution in [0.3, 0.4) is 0 Å². The molecule has 2 aromatic carbocycles. The first-order valence-corrected chi connectivity index (χ1v) is 10.1. The van der Waals surface area contributed by atoms with E-state index < -0.39 is 9.84 Å². The summed E-state index contributed by atoms with van der Waals surface area (Å²) in [5.41, 5.74) is 2.57. The third kappa shape index (κ3) is 3.83. The molecule has 0 amide bonds. The van der Waals surface area contributed by atoms with Gasteiger partial charge in [-0.05, 0) is 29.3 Å². The van der Waals surface area contributed by atoms with E-state index in [2.05, 4.69) is 17.0 Å². The van der Waals surface area contributed by atoms with E-state index in [9.17, 15) is 8.42 Å². The molecule has 1 heterocycles. The van der Waals surface area contributed by atoms with Crippen molar-refractivity contribution < 1.29 is 8.42 Å². The molecule has 0 aromatic heterocycles. The largest absolute Gasteiger partial charge is 0.291 e. The van der Waals surface area contributed by atoms with Crippen molar-refractivity contribution in [3.05, 3.63) is 75.3 Å². The van der Waals surface area contributed by atoms with E-state index in [1.165, 1.54) is 11.8 Å². The van der Waals surface area contributed by atoms with Gasteiger partial charge in [-0.25, -0.2) is 8.42 Å². The number of hydrogen-bond donors (Lipinski definition) is 0. The minimum atomic E-state index is -3.40. The molecule has 1 fully saturated rings. The molecular weight excluding hydrogens is 365 g/mol. The average molecular weight is 382 g/mol. The average Bonchev–Trinajstić information content (AvgIpc) is 2.48. The SMILES string of the molecule is CS(=O)(=O)C(=C1CN(Cc2ccccc2)C1)c1cc(Cl)ccc1Cl. The molecule has 0 bridgehead atoms. The maximum absolute atomic E-state index is 12.3. The van der Waals surface area contributed by atoms with Crippen molar-refractivity contribution in [2.24, 2.45) is 0 Å². The fourth-order valence-electron chi connectivity index (χ4n) is 2.91. The smallest absolute Gasteiger partial charge is 0.176 e. The number of halogens is 2. The van der Waals surface area contributed by atoms with Crippen molar-refractivity contribution in [1.82, 2.24) is 4.90 Å².